The molecule has 0 amide bonds. The molecule has 0 aliphatic carbocycles. The van der Waals surface area contributed by atoms with Crippen LogP contribution in [0.3, 0.4) is 0 Å². The van der Waals surface area contributed by atoms with E-state index in [4.69, 9.17) is 9.47 Å². The average Bonchev–Trinajstić information content (AvgIpc) is 2.70. The lowest BCUT2D eigenvalue weighted by atomic mass is 10.1. The number of ether oxygens (including phenoxy) is 2. The molecule has 0 atom stereocenters. The van der Waals surface area contributed by atoms with E-state index in [0.717, 1.165) is 10.1 Å². The van der Waals surface area contributed by atoms with Gasteiger partial charge in [-0.25, -0.2) is 28.7 Å². The predicted molar refractivity (Wildman–Crippen MR) is 103 cm³/mol. The molecule has 148 valence electrons. The molecule has 28 heavy (non-hydrogen) atoms. The van der Waals surface area contributed by atoms with Gasteiger partial charge in [0.05, 0.1) is 7.05 Å². The number of fused-ring (bicyclic) bond motifs is 1. The molecule has 0 spiro atoms. The fraction of sp³-hybridized carbons (Fsp3) is 0.368. The van der Waals surface area contributed by atoms with E-state index >= 15 is 0 Å². The van der Waals surface area contributed by atoms with Gasteiger partial charge in [-0.3, -0.25) is 4.79 Å². The van der Waals surface area contributed by atoms with Crippen molar-refractivity contribution in [3.05, 3.63) is 61.2 Å². The van der Waals surface area contributed by atoms with Crippen LogP contribution in [0.4, 0.5) is 0 Å². The van der Waals surface area contributed by atoms with Gasteiger partial charge in [-0.15, -0.1) is 0 Å². The average molecular weight is 387 g/mol. The molecule has 9 nitrogen and oxygen atoms in total. The SMILES string of the molecule is CCOC(OCC)c1ccc(-c2[nH]c(=O)[nH+]c3c2c(=O)n(C)c(=O)n3C)cc1. The molecule has 2 N–H and O–H groups in total. The highest BCUT2D eigenvalue weighted by atomic mass is 16.7. The third-order valence-electron chi connectivity index (χ3n) is 4.49. The maximum Gasteiger partial charge on any atom is 0.439 e. The highest BCUT2D eigenvalue weighted by Crippen LogP contribution is 2.25. The number of benzene rings is 1. The van der Waals surface area contributed by atoms with Crippen LogP contribution >= 0.6 is 0 Å². The zero-order chi connectivity index (χ0) is 20.4. The Morgan fingerprint density at radius 3 is 2.18 bits per heavy atom. The quantitative estimate of drug-likeness (QED) is 0.619. The molecular weight excluding hydrogens is 364 g/mol. The van der Waals surface area contributed by atoms with Gasteiger partial charge in [-0.2, -0.15) is 0 Å². The Hall–Kier alpha value is -3.04. The molecule has 1 aromatic carbocycles. The molecule has 3 rings (SSSR count). The molecule has 0 saturated heterocycles. The summed E-state index contributed by atoms with van der Waals surface area (Å²) < 4.78 is 13.4. The lowest BCUT2D eigenvalue weighted by molar-refractivity contribution is -0.374. The summed E-state index contributed by atoms with van der Waals surface area (Å²) in [5.41, 5.74) is 0.423. The number of rotatable bonds is 6. The Morgan fingerprint density at radius 2 is 1.61 bits per heavy atom. The minimum atomic E-state index is -0.517. The zero-order valence-corrected chi connectivity index (χ0v) is 16.2. The molecule has 0 bridgehead atoms. The van der Waals surface area contributed by atoms with Crippen LogP contribution in [0.2, 0.25) is 0 Å². The summed E-state index contributed by atoms with van der Waals surface area (Å²) in [5, 5.41) is 0.225. The van der Waals surface area contributed by atoms with E-state index in [1.807, 2.05) is 26.0 Å². The van der Waals surface area contributed by atoms with Gasteiger partial charge in [0.25, 0.3) is 5.56 Å². The first-order chi connectivity index (χ1) is 13.4. The summed E-state index contributed by atoms with van der Waals surface area (Å²) in [6.45, 7) is 4.78. The van der Waals surface area contributed by atoms with Crippen molar-refractivity contribution in [3.8, 4) is 11.3 Å². The van der Waals surface area contributed by atoms with Crippen LogP contribution in [0.5, 0.6) is 0 Å². The number of aromatic nitrogens is 4. The summed E-state index contributed by atoms with van der Waals surface area (Å²) in [5.74, 6) is 0. The maximum absolute atomic E-state index is 12.7. The van der Waals surface area contributed by atoms with Crippen LogP contribution < -0.4 is 21.9 Å². The van der Waals surface area contributed by atoms with Crippen molar-refractivity contribution in [2.24, 2.45) is 14.1 Å². The zero-order valence-electron chi connectivity index (χ0n) is 16.2. The molecule has 0 radical (unpaired) electrons. The van der Waals surface area contributed by atoms with Crippen LogP contribution in [-0.2, 0) is 23.6 Å². The van der Waals surface area contributed by atoms with Crippen LogP contribution in [0.15, 0.2) is 38.6 Å². The summed E-state index contributed by atoms with van der Waals surface area (Å²) >= 11 is 0. The van der Waals surface area contributed by atoms with E-state index in [1.54, 1.807) is 12.1 Å². The second kappa shape index (κ2) is 7.91. The fourth-order valence-corrected chi connectivity index (χ4v) is 3.10. The highest BCUT2D eigenvalue weighted by Gasteiger charge is 2.21. The normalized spacial score (nSPS) is 11.5. The second-order valence-corrected chi connectivity index (χ2v) is 6.25. The summed E-state index contributed by atoms with van der Waals surface area (Å²) in [7, 11) is 2.90. The van der Waals surface area contributed by atoms with E-state index in [-0.39, 0.29) is 11.0 Å². The van der Waals surface area contributed by atoms with Gasteiger partial charge in [-0.1, -0.05) is 24.3 Å². The van der Waals surface area contributed by atoms with Crippen molar-refractivity contribution in [3.63, 3.8) is 0 Å². The number of hydrogen-bond donors (Lipinski definition) is 1. The molecule has 2 aromatic heterocycles. The first kappa shape index (κ1) is 19.7. The Bertz CT molecular complexity index is 1170. The monoisotopic (exact) mass is 387 g/mol. The molecule has 3 aromatic rings. The van der Waals surface area contributed by atoms with E-state index in [1.165, 1.54) is 18.7 Å². The second-order valence-electron chi connectivity index (χ2n) is 6.25. The lowest BCUT2D eigenvalue weighted by Crippen LogP contribution is -2.43. The van der Waals surface area contributed by atoms with E-state index in [2.05, 4.69) is 9.97 Å². The third kappa shape index (κ3) is 3.41. The van der Waals surface area contributed by atoms with Crippen LogP contribution in [-0.4, -0.2) is 27.3 Å². The van der Waals surface area contributed by atoms with Crippen molar-refractivity contribution in [2.75, 3.05) is 13.2 Å². The fourth-order valence-electron chi connectivity index (χ4n) is 3.10. The molecule has 0 aliphatic heterocycles. The number of hydrogen-bond acceptors (Lipinski definition) is 5. The van der Waals surface area contributed by atoms with Crippen molar-refractivity contribution in [1.29, 1.82) is 0 Å². The molecule has 0 unspecified atom stereocenters. The lowest BCUT2D eigenvalue weighted by Gasteiger charge is -2.17. The van der Waals surface area contributed by atoms with Crippen molar-refractivity contribution in [2.45, 2.75) is 20.1 Å². The van der Waals surface area contributed by atoms with Crippen LogP contribution in [0.25, 0.3) is 22.3 Å². The van der Waals surface area contributed by atoms with Crippen molar-refractivity contribution >= 4 is 11.0 Å². The number of aromatic amines is 2. The van der Waals surface area contributed by atoms with Crippen molar-refractivity contribution in [1.82, 2.24) is 14.1 Å². The summed E-state index contributed by atoms with van der Waals surface area (Å²) in [4.78, 5) is 42.2. The summed E-state index contributed by atoms with van der Waals surface area (Å²) in [6.07, 6.45) is -0.488. The smallest absolute Gasteiger partial charge is 0.349 e. The Kier molecular flexibility index (Phi) is 5.57. The van der Waals surface area contributed by atoms with Gasteiger partial charge in [0.15, 0.2) is 11.7 Å². The highest BCUT2D eigenvalue weighted by molar-refractivity contribution is 5.87. The first-order valence-corrected chi connectivity index (χ1v) is 8.97. The Labute approximate surface area is 160 Å². The van der Waals surface area contributed by atoms with Gasteiger partial charge in [0, 0.05) is 31.4 Å². The van der Waals surface area contributed by atoms with E-state index in [0.29, 0.717) is 24.5 Å². The van der Waals surface area contributed by atoms with E-state index < -0.39 is 23.2 Å². The van der Waals surface area contributed by atoms with Gasteiger partial charge in [-0.05, 0) is 13.8 Å². The van der Waals surface area contributed by atoms with Gasteiger partial charge >= 0.3 is 11.4 Å². The first-order valence-electron chi connectivity index (χ1n) is 8.97. The topological polar surface area (TPSA) is 109 Å². The van der Waals surface area contributed by atoms with Crippen molar-refractivity contribution < 1.29 is 14.5 Å². The van der Waals surface area contributed by atoms with Crippen LogP contribution in [0.1, 0.15) is 25.7 Å². The predicted octanol–water partition coefficient (Wildman–Crippen LogP) is 0.478. The van der Waals surface area contributed by atoms with E-state index in [9.17, 15) is 14.4 Å². The standard InChI is InChI=1S/C19H22N4O5/c1-5-27-17(28-6-2)12-9-7-11(8-10-12)14-13-15(21-18(25)20-14)22(3)19(26)23(4)16(13)24/h7-10,17H,5-6H2,1-4H3,(H,20,21,25)/p+1. The van der Waals surface area contributed by atoms with Crippen LogP contribution in [0, 0.1) is 0 Å². The number of nitrogens with one attached hydrogen (secondary N) is 2. The molecule has 0 saturated carbocycles. The maximum atomic E-state index is 12.7. The number of H-pyrrole nitrogens is 2. The number of nitrogens with zero attached hydrogens (tertiary/aromatic N) is 2. The Morgan fingerprint density at radius 1 is 1.00 bits per heavy atom. The molecule has 0 aliphatic rings. The molecule has 2 heterocycles. The van der Waals surface area contributed by atoms with Gasteiger partial charge in [0.2, 0.25) is 5.65 Å². The summed E-state index contributed by atoms with van der Waals surface area (Å²) in [6, 6.07) is 7.18. The largest absolute Gasteiger partial charge is 0.439 e. The van der Waals surface area contributed by atoms with Gasteiger partial charge < -0.3 is 9.47 Å². The third-order valence-corrected chi connectivity index (χ3v) is 4.49. The minimum Gasteiger partial charge on any atom is -0.349 e. The van der Waals surface area contributed by atoms with Gasteiger partial charge in [0.1, 0.15) is 5.69 Å². The molecular formula is C19H23N4O5+. The minimum absolute atomic E-state index is 0.164. The number of aryl methyl sites for hydroxylation is 1. The molecule has 0 fully saturated rings. The Balaban J connectivity index is 2.20. The molecule has 9 heteroatoms.